The molecule has 0 bridgehead atoms. The summed E-state index contributed by atoms with van der Waals surface area (Å²) in [5, 5.41) is 3.14. The van der Waals surface area contributed by atoms with Crippen LogP contribution in [0.4, 0.5) is 13.2 Å². The molecule has 0 aromatic carbocycles. The molecule has 82 valence electrons. The summed E-state index contributed by atoms with van der Waals surface area (Å²) in [6.07, 6.45) is -0.0673. The van der Waals surface area contributed by atoms with E-state index in [0.717, 1.165) is 25.6 Å². The molecule has 0 aliphatic carbocycles. The predicted molar refractivity (Wildman–Crippen MR) is 49.2 cm³/mol. The summed E-state index contributed by atoms with van der Waals surface area (Å²) in [5.41, 5.74) is -0.0453. The highest BCUT2D eigenvalue weighted by Crippen LogP contribution is 2.31. The zero-order valence-electron chi connectivity index (χ0n) is 8.01. The van der Waals surface area contributed by atoms with Crippen LogP contribution in [-0.2, 0) is 6.18 Å². The molecular weight excluding hydrogens is 205 g/mol. The minimum absolute atomic E-state index is 0.0276. The minimum atomic E-state index is -4.30. The lowest BCUT2D eigenvalue weighted by molar-refractivity contribution is -0.137. The van der Waals surface area contributed by atoms with Gasteiger partial charge in [-0.05, 0) is 31.0 Å². The van der Waals surface area contributed by atoms with Crippen LogP contribution in [0, 0.1) is 0 Å². The van der Waals surface area contributed by atoms with E-state index in [2.05, 4.69) is 10.3 Å². The third-order valence-corrected chi connectivity index (χ3v) is 2.55. The summed E-state index contributed by atoms with van der Waals surface area (Å²) in [6.45, 7) is 0.862. The van der Waals surface area contributed by atoms with E-state index in [-0.39, 0.29) is 6.04 Å². The first-order valence-corrected chi connectivity index (χ1v) is 4.83. The number of pyridine rings is 1. The first-order chi connectivity index (χ1) is 7.07. The van der Waals surface area contributed by atoms with Crippen molar-refractivity contribution in [1.82, 2.24) is 10.3 Å². The van der Waals surface area contributed by atoms with Gasteiger partial charge >= 0.3 is 6.18 Å². The fourth-order valence-corrected chi connectivity index (χ4v) is 1.77. The topological polar surface area (TPSA) is 24.9 Å². The molecule has 5 heteroatoms. The van der Waals surface area contributed by atoms with Gasteiger partial charge in [0.05, 0.1) is 5.56 Å². The molecule has 2 nitrogen and oxygen atoms in total. The van der Waals surface area contributed by atoms with Crippen LogP contribution in [0.25, 0.3) is 0 Å². The fraction of sp³-hybridized carbons (Fsp3) is 0.500. The zero-order valence-corrected chi connectivity index (χ0v) is 8.01. The predicted octanol–water partition coefficient (Wildman–Crippen LogP) is 2.52. The van der Waals surface area contributed by atoms with Crippen LogP contribution in [0.3, 0.4) is 0 Å². The lowest BCUT2D eigenvalue weighted by Gasteiger charge is -2.12. The highest BCUT2D eigenvalue weighted by Gasteiger charge is 2.31. The van der Waals surface area contributed by atoms with Gasteiger partial charge in [-0.1, -0.05) is 0 Å². The van der Waals surface area contributed by atoms with Gasteiger partial charge in [0.25, 0.3) is 0 Å². The van der Waals surface area contributed by atoms with E-state index in [4.69, 9.17) is 0 Å². The second kappa shape index (κ2) is 3.81. The van der Waals surface area contributed by atoms with Crippen molar-refractivity contribution in [2.75, 3.05) is 6.54 Å². The van der Waals surface area contributed by atoms with E-state index in [1.54, 1.807) is 0 Å². The van der Waals surface area contributed by atoms with E-state index < -0.39 is 11.7 Å². The molecule has 1 aromatic rings. The third kappa shape index (κ3) is 2.28. The minimum Gasteiger partial charge on any atom is -0.310 e. The molecule has 2 heterocycles. The summed E-state index contributed by atoms with van der Waals surface area (Å²) in [4.78, 5) is 3.64. The summed E-state index contributed by atoms with van der Waals surface area (Å²) in [6, 6.07) is 1.20. The van der Waals surface area contributed by atoms with E-state index in [1.807, 2.05) is 0 Å². The molecule has 1 aromatic heterocycles. The number of halogens is 3. The number of hydrogen-bond donors (Lipinski definition) is 1. The Balaban J connectivity index is 2.26. The van der Waals surface area contributed by atoms with Crippen molar-refractivity contribution in [3.63, 3.8) is 0 Å². The number of alkyl halides is 3. The fourth-order valence-electron chi connectivity index (χ4n) is 1.77. The monoisotopic (exact) mass is 216 g/mol. The number of rotatable bonds is 1. The van der Waals surface area contributed by atoms with Gasteiger partial charge in [0, 0.05) is 18.4 Å². The van der Waals surface area contributed by atoms with Crippen molar-refractivity contribution in [1.29, 1.82) is 0 Å². The molecule has 0 spiro atoms. The smallest absolute Gasteiger partial charge is 0.310 e. The molecule has 1 fully saturated rings. The average Bonchev–Trinajstić information content (AvgIpc) is 2.69. The van der Waals surface area contributed by atoms with Gasteiger partial charge in [-0.15, -0.1) is 0 Å². The second-order valence-corrected chi connectivity index (χ2v) is 3.65. The van der Waals surface area contributed by atoms with Crippen molar-refractivity contribution in [3.8, 4) is 0 Å². The summed E-state index contributed by atoms with van der Waals surface area (Å²) < 4.78 is 37.2. The maximum absolute atomic E-state index is 12.4. The van der Waals surface area contributed by atoms with Crippen LogP contribution >= 0.6 is 0 Å². The lowest BCUT2D eigenvalue weighted by atomic mass is 10.1. The lowest BCUT2D eigenvalue weighted by Crippen LogP contribution is -2.14. The van der Waals surface area contributed by atoms with Gasteiger partial charge in [-0.2, -0.15) is 13.2 Å². The number of hydrogen-bond acceptors (Lipinski definition) is 2. The average molecular weight is 216 g/mol. The van der Waals surface area contributed by atoms with E-state index in [1.165, 1.54) is 12.3 Å². The van der Waals surface area contributed by atoms with Gasteiger partial charge in [-0.3, -0.25) is 4.98 Å². The zero-order chi connectivity index (χ0) is 10.9. The Hall–Kier alpha value is -1.10. The number of nitrogens with one attached hydrogen (secondary N) is 1. The van der Waals surface area contributed by atoms with Crippen molar-refractivity contribution in [2.24, 2.45) is 0 Å². The van der Waals surface area contributed by atoms with Crippen molar-refractivity contribution < 1.29 is 13.2 Å². The second-order valence-electron chi connectivity index (χ2n) is 3.65. The first kappa shape index (κ1) is 10.4. The molecule has 0 saturated carbocycles. The van der Waals surface area contributed by atoms with Crippen LogP contribution < -0.4 is 5.32 Å². The van der Waals surface area contributed by atoms with Gasteiger partial charge in [0.1, 0.15) is 0 Å². The molecule has 1 saturated heterocycles. The van der Waals surface area contributed by atoms with Gasteiger partial charge in [0.15, 0.2) is 0 Å². The maximum Gasteiger partial charge on any atom is 0.417 e. The SMILES string of the molecule is FC(F)(F)c1cncc([C@H]2CCCN2)c1. The molecular formula is C10H11F3N2. The highest BCUT2D eigenvalue weighted by atomic mass is 19.4. The molecule has 1 aliphatic heterocycles. The number of nitrogens with zero attached hydrogens (tertiary/aromatic N) is 1. The Morgan fingerprint density at radius 1 is 1.33 bits per heavy atom. The van der Waals surface area contributed by atoms with Crippen LogP contribution in [0.15, 0.2) is 18.5 Å². The summed E-state index contributed by atoms with van der Waals surface area (Å²) >= 11 is 0. The Bertz CT molecular complexity index is 343. The van der Waals surface area contributed by atoms with Crippen LogP contribution in [0.5, 0.6) is 0 Å². The molecule has 1 aliphatic rings. The highest BCUT2D eigenvalue weighted by molar-refractivity contribution is 5.23. The molecule has 15 heavy (non-hydrogen) atoms. The molecule has 1 atom stereocenters. The maximum atomic E-state index is 12.4. The molecule has 0 unspecified atom stereocenters. The summed E-state index contributed by atoms with van der Waals surface area (Å²) in [5.74, 6) is 0. The van der Waals surface area contributed by atoms with Gasteiger partial charge < -0.3 is 5.32 Å². The van der Waals surface area contributed by atoms with Crippen LogP contribution in [0.1, 0.15) is 30.0 Å². The standard InChI is InChI=1S/C10H11F3N2/c11-10(12,13)8-4-7(5-14-6-8)9-2-1-3-15-9/h4-6,9,15H,1-3H2/t9-/m1/s1. The molecule has 2 rings (SSSR count). The molecule has 0 amide bonds. The van der Waals surface area contributed by atoms with E-state index in [9.17, 15) is 13.2 Å². The Kier molecular flexibility index (Phi) is 2.65. The van der Waals surface area contributed by atoms with Crippen molar-refractivity contribution in [2.45, 2.75) is 25.1 Å². The quantitative estimate of drug-likeness (QED) is 0.780. The van der Waals surface area contributed by atoms with Gasteiger partial charge in [0.2, 0.25) is 0 Å². The van der Waals surface area contributed by atoms with Crippen LogP contribution in [0.2, 0.25) is 0 Å². The summed E-state index contributed by atoms with van der Waals surface area (Å²) in [7, 11) is 0. The van der Waals surface area contributed by atoms with E-state index >= 15 is 0 Å². The third-order valence-electron chi connectivity index (χ3n) is 2.55. The molecule has 0 radical (unpaired) electrons. The Morgan fingerprint density at radius 2 is 2.13 bits per heavy atom. The van der Waals surface area contributed by atoms with E-state index in [0.29, 0.717) is 5.56 Å². The Labute approximate surface area is 85.5 Å². The molecule has 1 N–H and O–H groups in total. The van der Waals surface area contributed by atoms with Crippen LogP contribution in [-0.4, -0.2) is 11.5 Å². The van der Waals surface area contributed by atoms with Crippen molar-refractivity contribution in [3.05, 3.63) is 29.6 Å². The first-order valence-electron chi connectivity index (χ1n) is 4.83. The Morgan fingerprint density at radius 3 is 2.73 bits per heavy atom. The van der Waals surface area contributed by atoms with Crippen molar-refractivity contribution >= 4 is 0 Å². The normalized spacial score (nSPS) is 21.9. The number of aromatic nitrogens is 1. The van der Waals surface area contributed by atoms with Gasteiger partial charge in [-0.25, -0.2) is 0 Å². The largest absolute Gasteiger partial charge is 0.417 e.